The molecule has 0 fully saturated rings. The number of fused-ring (bicyclic) bond motifs is 1. The summed E-state index contributed by atoms with van der Waals surface area (Å²) in [5.41, 5.74) is 0.797. The molecule has 2 rings (SSSR count). The van der Waals surface area contributed by atoms with Crippen LogP contribution in [0.4, 0.5) is 0 Å². The third kappa shape index (κ3) is 2.18. The van der Waals surface area contributed by atoms with Gasteiger partial charge < -0.3 is 0 Å². The van der Waals surface area contributed by atoms with E-state index in [-0.39, 0.29) is 17.6 Å². The molecule has 0 N–H and O–H groups in total. The Labute approximate surface area is 101 Å². The summed E-state index contributed by atoms with van der Waals surface area (Å²) in [6, 6.07) is 7.92. The maximum Gasteiger partial charge on any atom is 0.139 e. The van der Waals surface area contributed by atoms with Gasteiger partial charge in [0.15, 0.2) is 0 Å². The number of carbonyl (C=O) groups is 1. The molecule has 1 heterocycles. The molecule has 1 aromatic carbocycles. The van der Waals surface area contributed by atoms with Gasteiger partial charge >= 0.3 is 0 Å². The highest BCUT2D eigenvalue weighted by molar-refractivity contribution is 5.91. The van der Waals surface area contributed by atoms with Gasteiger partial charge in [0.1, 0.15) is 5.78 Å². The van der Waals surface area contributed by atoms with Crippen molar-refractivity contribution < 1.29 is 4.79 Å². The SMILES string of the molecule is CC(=O)C(c1nncc2ccccc12)C(C)C. The van der Waals surface area contributed by atoms with Crippen molar-refractivity contribution in [1.82, 2.24) is 10.2 Å². The number of ketones is 1. The number of hydrogen-bond donors (Lipinski definition) is 0. The average molecular weight is 228 g/mol. The molecule has 0 radical (unpaired) electrons. The van der Waals surface area contributed by atoms with E-state index in [0.29, 0.717) is 0 Å². The van der Waals surface area contributed by atoms with Crippen molar-refractivity contribution in [1.29, 1.82) is 0 Å². The molecule has 0 aliphatic carbocycles. The molecule has 17 heavy (non-hydrogen) atoms. The summed E-state index contributed by atoms with van der Waals surface area (Å²) in [5.74, 6) is 0.201. The van der Waals surface area contributed by atoms with Crippen molar-refractivity contribution in [2.45, 2.75) is 26.7 Å². The van der Waals surface area contributed by atoms with Gasteiger partial charge in [-0.3, -0.25) is 4.79 Å². The normalized spacial score (nSPS) is 12.9. The van der Waals surface area contributed by atoms with Gasteiger partial charge in [0.25, 0.3) is 0 Å². The summed E-state index contributed by atoms with van der Waals surface area (Å²) in [7, 11) is 0. The van der Waals surface area contributed by atoms with Gasteiger partial charge in [-0.25, -0.2) is 0 Å². The smallest absolute Gasteiger partial charge is 0.139 e. The van der Waals surface area contributed by atoms with Crippen LogP contribution in [0.2, 0.25) is 0 Å². The Balaban J connectivity index is 2.65. The van der Waals surface area contributed by atoms with Crippen LogP contribution in [0.25, 0.3) is 10.8 Å². The maximum atomic E-state index is 11.8. The molecule has 1 atom stereocenters. The summed E-state index contributed by atoms with van der Waals surface area (Å²) in [6.07, 6.45) is 1.73. The Morgan fingerprint density at radius 3 is 2.59 bits per heavy atom. The quantitative estimate of drug-likeness (QED) is 0.811. The number of hydrogen-bond acceptors (Lipinski definition) is 3. The Bertz CT molecular complexity index is 543. The van der Waals surface area contributed by atoms with Gasteiger partial charge in [0.05, 0.1) is 17.8 Å². The molecule has 0 spiro atoms. The van der Waals surface area contributed by atoms with Crippen molar-refractivity contribution in [3.8, 4) is 0 Å². The fraction of sp³-hybridized carbons (Fsp3) is 0.357. The Hall–Kier alpha value is -1.77. The first-order chi connectivity index (χ1) is 8.11. The van der Waals surface area contributed by atoms with E-state index in [0.717, 1.165) is 16.5 Å². The molecule has 0 bridgehead atoms. The second-order valence-electron chi connectivity index (χ2n) is 4.65. The first-order valence-corrected chi connectivity index (χ1v) is 5.82. The predicted octanol–water partition coefficient (Wildman–Crippen LogP) is 2.96. The minimum atomic E-state index is -0.173. The zero-order chi connectivity index (χ0) is 12.4. The number of rotatable bonds is 3. The highest BCUT2D eigenvalue weighted by Gasteiger charge is 2.24. The highest BCUT2D eigenvalue weighted by atomic mass is 16.1. The van der Waals surface area contributed by atoms with Gasteiger partial charge in [-0.1, -0.05) is 38.1 Å². The lowest BCUT2D eigenvalue weighted by atomic mass is 9.87. The lowest BCUT2D eigenvalue weighted by molar-refractivity contribution is -0.119. The van der Waals surface area contributed by atoms with Crippen molar-refractivity contribution >= 4 is 16.6 Å². The molecule has 0 aliphatic rings. The van der Waals surface area contributed by atoms with Crippen LogP contribution in [0, 0.1) is 5.92 Å². The number of benzene rings is 1. The second-order valence-corrected chi connectivity index (χ2v) is 4.65. The van der Waals surface area contributed by atoms with Crippen LogP contribution in [0.15, 0.2) is 30.5 Å². The van der Waals surface area contributed by atoms with E-state index in [1.165, 1.54) is 0 Å². The zero-order valence-electron chi connectivity index (χ0n) is 10.3. The Morgan fingerprint density at radius 1 is 1.24 bits per heavy atom. The van der Waals surface area contributed by atoms with Crippen LogP contribution in [-0.4, -0.2) is 16.0 Å². The third-order valence-corrected chi connectivity index (χ3v) is 3.00. The topological polar surface area (TPSA) is 42.9 Å². The molecule has 0 amide bonds. The van der Waals surface area contributed by atoms with Crippen LogP contribution < -0.4 is 0 Å². The second kappa shape index (κ2) is 4.62. The molecule has 0 saturated carbocycles. The summed E-state index contributed by atoms with van der Waals surface area (Å²) in [6.45, 7) is 5.69. The zero-order valence-corrected chi connectivity index (χ0v) is 10.3. The molecular formula is C14H16N2O. The fourth-order valence-corrected chi connectivity index (χ4v) is 2.26. The van der Waals surface area contributed by atoms with Crippen LogP contribution in [0.3, 0.4) is 0 Å². The van der Waals surface area contributed by atoms with Crippen LogP contribution >= 0.6 is 0 Å². The van der Waals surface area contributed by atoms with Gasteiger partial charge in [0, 0.05) is 10.8 Å². The van der Waals surface area contributed by atoms with Crippen LogP contribution in [-0.2, 0) is 4.79 Å². The predicted molar refractivity (Wildman–Crippen MR) is 67.8 cm³/mol. The minimum Gasteiger partial charge on any atom is -0.299 e. The largest absolute Gasteiger partial charge is 0.299 e. The van der Waals surface area contributed by atoms with E-state index < -0.39 is 0 Å². The van der Waals surface area contributed by atoms with E-state index >= 15 is 0 Å². The number of Topliss-reactive ketones (excluding diaryl/α,β-unsaturated/α-hetero) is 1. The molecule has 3 heteroatoms. The van der Waals surface area contributed by atoms with Gasteiger partial charge in [-0.05, 0) is 12.8 Å². The molecule has 2 aromatic rings. The van der Waals surface area contributed by atoms with E-state index in [9.17, 15) is 4.79 Å². The Morgan fingerprint density at radius 2 is 1.94 bits per heavy atom. The molecular weight excluding hydrogens is 212 g/mol. The van der Waals surface area contributed by atoms with E-state index in [1.807, 2.05) is 38.1 Å². The lowest BCUT2D eigenvalue weighted by Crippen LogP contribution is -2.17. The van der Waals surface area contributed by atoms with Crippen molar-refractivity contribution in [3.05, 3.63) is 36.2 Å². The summed E-state index contributed by atoms with van der Waals surface area (Å²) in [5, 5.41) is 10.2. The van der Waals surface area contributed by atoms with Gasteiger partial charge in [0.2, 0.25) is 0 Å². The fourth-order valence-electron chi connectivity index (χ4n) is 2.26. The molecule has 88 valence electrons. The van der Waals surface area contributed by atoms with E-state index in [1.54, 1.807) is 13.1 Å². The van der Waals surface area contributed by atoms with Crippen LogP contribution in [0.1, 0.15) is 32.4 Å². The van der Waals surface area contributed by atoms with Gasteiger partial charge in [-0.15, -0.1) is 0 Å². The molecule has 0 aliphatic heterocycles. The first kappa shape index (κ1) is 11.7. The third-order valence-electron chi connectivity index (χ3n) is 3.00. The number of aromatic nitrogens is 2. The van der Waals surface area contributed by atoms with E-state index in [4.69, 9.17) is 0 Å². The summed E-state index contributed by atoms with van der Waals surface area (Å²) >= 11 is 0. The van der Waals surface area contributed by atoms with Crippen molar-refractivity contribution in [2.75, 3.05) is 0 Å². The number of nitrogens with zero attached hydrogens (tertiary/aromatic N) is 2. The van der Waals surface area contributed by atoms with Crippen molar-refractivity contribution in [3.63, 3.8) is 0 Å². The minimum absolute atomic E-state index is 0.144. The number of carbonyl (C=O) groups excluding carboxylic acids is 1. The summed E-state index contributed by atoms with van der Waals surface area (Å²) < 4.78 is 0. The average Bonchev–Trinajstić information content (AvgIpc) is 2.28. The molecule has 0 saturated heterocycles. The molecule has 1 unspecified atom stereocenters. The Kier molecular flexibility index (Phi) is 3.18. The van der Waals surface area contributed by atoms with Crippen molar-refractivity contribution in [2.24, 2.45) is 5.92 Å². The summed E-state index contributed by atoms with van der Waals surface area (Å²) in [4.78, 5) is 11.8. The standard InChI is InChI=1S/C14H16N2O/c1-9(2)13(10(3)17)14-12-7-5-4-6-11(12)8-15-16-14/h4-9,13H,1-3H3. The maximum absolute atomic E-state index is 11.8. The van der Waals surface area contributed by atoms with Gasteiger partial charge in [-0.2, -0.15) is 10.2 Å². The molecule has 1 aromatic heterocycles. The monoisotopic (exact) mass is 228 g/mol. The molecule has 3 nitrogen and oxygen atoms in total. The highest BCUT2D eigenvalue weighted by Crippen LogP contribution is 2.28. The lowest BCUT2D eigenvalue weighted by Gasteiger charge is -2.18. The first-order valence-electron chi connectivity index (χ1n) is 5.82. The van der Waals surface area contributed by atoms with E-state index in [2.05, 4.69) is 10.2 Å². The van der Waals surface area contributed by atoms with Crippen LogP contribution in [0.5, 0.6) is 0 Å².